The first kappa shape index (κ1) is 28.5. The third-order valence-electron chi connectivity index (χ3n) is 8.35. The number of piperidine rings is 1. The van der Waals surface area contributed by atoms with Crippen molar-refractivity contribution < 1.29 is 23.8 Å². The van der Waals surface area contributed by atoms with Gasteiger partial charge in [-0.3, -0.25) is 4.79 Å². The van der Waals surface area contributed by atoms with Gasteiger partial charge in [-0.15, -0.1) is 0 Å². The molecule has 1 aliphatic carbocycles. The van der Waals surface area contributed by atoms with Crippen LogP contribution in [-0.4, -0.2) is 55.4 Å². The van der Waals surface area contributed by atoms with Crippen LogP contribution in [-0.2, 0) is 9.53 Å². The Morgan fingerprint density at radius 3 is 2.71 bits per heavy atom. The summed E-state index contributed by atoms with van der Waals surface area (Å²) in [5, 5.41) is 11.0. The third-order valence-corrected chi connectivity index (χ3v) is 8.35. The number of benzene rings is 2. The predicted octanol–water partition coefficient (Wildman–Crippen LogP) is 5.39. The number of aliphatic hydroxyl groups excluding tert-OH is 1. The summed E-state index contributed by atoms with van der Waals surface area (Å²) in [5.41, 5.74) is 9.08. The molecule has 2 fully saturated rings. The average molecular weight is 527 g/mol. The number of hydrogen-bond acceptors (Lipinski definition) is 5. The van der Waals surface area contributed by atoms with Crippen molar-refractivity contribution in [1.29, 1.82) is 0 Å². The number of aliphatic hydroxyl groups is 1. The zero-order chi connectivity index (χ0) is 27.2. The summed E-state index contributed by atoms with van der Waals surface area (Å²) in [6, 6.07) is 11.0. The molecule has 4 rings (SSSR count). The molecule has 3 N–H and O–H groups in total. The number of amides is 1. The second-order valence-electron chi connectivity index (χ2n) is 11.1. The van der Waals surface area contributed by atoms with Gasteiger partial charge in [0.2, 0.25) is 5.91 Å². The molecule has 2 aliphatic rings. The largest absolute Gasteiger partial charge is 0.497 e. The van der Waals surface area contributed by atoms with Gasteiger partial charge in [-0.1, -0.05) is 18.2 Å². The zero-order valence-corrected chi connectivity index (χ0v) is 23.0. The molecular weight excluding hydrogens is 483 g/mol. The number of rotatable bonds is 10. The average Bonchev–Trinajstić information content (AvgIpc) is 3.36. The molecule has 0 bridgehead atoms. The number of hydrogen-bond donors (Lipinski definition) is 2. The van der Waals surface area contributed by atoms with Crippen molar-refractivity contribution in [2.75, 3.05) is 27.3 Å². The molecule has 1 aliphatic heterocycles. The van der Waals surface area contributed by atoms with Gasteiger partial charge in [0.25, 0.3) is 0 Å². The molecule has 38 heavy (non-hydrogen) atoms. The van der Waals surface area contributed by atoms with Crippen LogP contribution in [0.15, 0.2) is 36.4 Å². The topological polar surface area (TPSA) is 85.0 Å². The number of ether oxygens (including phenoxy) is 2. The lowest BCUT2D eigenvalue weighted by molar-refractivity contribution is -0.138. The van der Waals surface area contributed by atoms with Crippen LogP contribution in [0.25, 0.3) is 11.1 Å². The molecule has 208 valence electrons. The number of nitrogens with two attached hydrogens (primary N) is 1. The Hall–Kier alpha value is -2.48. The molecular formula is C31H43FN2O4. The molecule has 1 amide bonds. The van der Waals surface area contributed by atoms with Gasteiger partial charge in [-0.05, 0) is 93.2 Å². The number of likely N-dealkylation sites (tertiary alicyclic amines) is 1. The number of carbonyl (C=O) groups is 1. The van der Waals surface area contributed by atoms with E-state index >= 15 is 4.39 Å². The summed E-state index contributed by atoms with van der Waals surface area (Å²) in [5.74, 6) is 0.709. The quantitative estimate of drug-likeness (QED) is 0.433. The monoisotopic (exact) mass is 526 g/mol. The van der Waals surface area contributed by atoms with Crippen LogP contribution >= 0.6 is 0 Å². The Morgan fingerprint density at radius 2 is 2.00 bits per heavy atom. The molecule has 2 aromatic rings. The van der Waals surface area contributed by atoms with E-state index in [1.807, 2.05) is 36.1 Å². The van der Waals surface area contributed by atoms with Crippen LogP contribution in [0.1, 0.15) is 68.6 Å². The summed E-state index contributed by atoms with van der Waals surface area (Å²) in [4.78, 5) is 14.9. The van der Waals surface area contributed by atoms with Crippen LogP contribution in [0.5, 0.6) is 5.75 Å². The maximum Gasteiger partial charge on any atom is 0.225 e. The van der Waals surface area contributed by atoms with Gasteiger partial charge >= 0.3 is 0 Å². The molecule has 2 aromatic carbocycles. The van der Waals surface area contributed by atoms with Gasteiger partial charge in [-0.25, -0.2) is 4.39 Å². The number of halogens is 1. The highest BCUT2D eigenvalue weighted by atomic mass is 19.1. The number of nitrogens with zero attached hydrogens (tertiary/aromatic N) is 1. The van der Waals surface area contributed by atoms with Crippen molar-refractivity contribution in [2.45, 2.75) is 76.5 Å². The van der Waals surface area contributed by atoms with Gasteiger partial charge in [-0.2, -0.15) is 0 Å². The molecule has 6 nitrogen and oxygen atoms in total. The normalized spacial score (nSPS) is 23.3. The van der Waals surface area contributed by atoms with E-state index in [4.69, 9.17) is 15.2 Å². The maximum atomic E-state index is 15.2. The smallest absolute Gasteiger partial charge is 0.225 e. The fourth-order valence-electron chi connectivity index (χ4n) is 6.30. The Balaban J connectivity index is 1.38. The van der Waals surface area contributed by atoms with Crippen molar-refractivity contribution in [1.82, 2.24) is 4.90 Å². The van der Waals surface area contributed by atoms with Crippen LogP contribution in [0.3, 0.4) is 0 Å². The van der Waals surface area contributed by atoms with Gasteiger partial charge < -0.3 is 25.2 Å². The fraction of sp³-hybridized carbons (Fsp3) is 0.581. The first-order valence-electron chi connectivity index (χ1n) is 14.0. The molecule has 1 saturated heterocycles. The number of carbonyl (C=O) groups excluding carboxylic acids is 1. The maximum absolute atomic E-state index is 15.2. The van der Waals surface area contributed by atoms with Gasteiger partial charge in [0.1, 0.15) is 11.6 Å². The lowest BCUT2D eigenvalue weighted by Crippen LogP contribution is -2.45. The lowest BCUT2D eigenvalue weighted by Gasteiger charge is -2.36. The van der Waals surface area contributed by atoms with Crippen LogP contribution < -0.4 is 10.5 Å². The van der Waals surface area contributed by atoms with Crippen molar-refractivity contribution in [2.24, 2.45) is 17.6 Å². The minimum absolute atomic E-state index is 0.0391. The summed E-state index contributed by atoms with van der Waals surface area (Å²) in [7, 11) is 3.25. The van der Waals surface area contributed by atoms with Crippen molar-refractivity contribution in [3.05, 3.63) is 53.3 Å². The minimum Gasteiger partial charge on any atom is -0.497 e. The highest BCUT2D eigenvalue weighted by molar-refractivity contribution is 5.79. The van der Waals surface area contributed by atoms with E-state index in [0.717, 1.165) is 61.8 Å². The molecule has 1 saturated carbocycles. The third kappa shape index (κ3) is 6.74. The van der Waals surface area contributed by atoms with Crippen molar-refractivity contribution in [3.63, 3.8) is 0 Å². The Morgan fingerprint density at radius 1 is 1.18 bits per heavy atom. The molecule has 1 heterocycles. The molecule has 5 unspecified atom stereocenters. The van der Waals surface area contributed by atoms with Crippen molar-refractivity contribution >= 4 is 5.91 Å². The first-order valence-corrected chi connectivity index (χ1v) is 14.0. The van der Waals surface area contributed by atoms with Gasteiger partial charge in [0, 0.05) is 43.6 Å². The predicted molar refractivity (Wildman–Crippen MR) is 147 cm³/mol. The Kier molecular flexibility index (Phi) is 9.80. The van der Waals surface area contributed by atoms with E-state index in [1.165, 1.54) is 6.07 Å². The van der Waals surface area contributed by atoms with Crippen LogP contribution in [0.2, 0.25) is 0 Å². The minimum atomic E-state index is -0.484. The van der Waals surface area contributed by atoms with Gasteiger partial charge in [0.15, 0.2) is 0 Å². The Bertz CT molecular complexity index is 1090. The van der Waals surface area contributed by atoms with Crippen LogP contribution in [0.4, 0.5) is 4.39 Å². The van der Waals surface area contributed by atoms with Crippen LogP contribution in [0, 0.1) is 24.6 Å². The Labute approximate surface area is 226 Å². The summed E-state index contributed by atoms with van der Waals surface area (Å²) in [6.45, 7) is 3.35. The summed E-state index contributed by atoms with van der Waals surface area (Å²) < 4.78 is 26.4. The zero-order valence-electron chi connectivity index (χ0n) is 23.0. The number of methoxy groups -OCH3 is 2. The van der Waals surface area contributed by atoms with E-state index < -0.39 is 6.10 Å². The van der Waals surface area contributed by atoms with E-state index in [9.17, 15) is 9.90 Å². The van der Waals surface area contributed by atoms with E-state index in [-0.39, 0.29) is 35.7 Å². The van der Waals surface area contributed by atoms with E-state index in [2.05, 4.69) is 0 Å². The molecule has 0 aromatic heterocycles. The standard InChI is InChI=1S/C31H43FN2O4/c1-20-15-23(18-25(16-20)37-2)30-26(8-4-9-27(30)32)29(38-3)11-5-10-28(35)22-7-6-14-34(19-22)31(36)21-12-13-24(33)17-21/h4,8-9,15-16,18,21-22,24,28-29,35H,5-7,10-14,17,19,33H2,1-3H3. The highest BCUT2D eigenvalue weighted by Crippen LogP contribution is 2.37. The second-order valence-corrected chi connectivity index (χ2v) is 11.1. The highest BCUT2D eigenvalue weighted by Gasteiger charge is 2.34. The molecule has 0 radical (unpaired) electrons. The second kappa shape index (κ2) is 13.0. The fourth-order valence-corrected chi connectivity index (χ4v) is 6.30. The lowest BCUT2D eigenvalue weighted by atomic mass is 9.87. The van der Waals surface area contributed by atoms with E-state index in [1.54, 1.807) is 20.3 Å². The molecule has 5 atom stereocenters. The van der Waals surface area contributed by atoms with Gasteiger partial charge in [0.05, 0.1) is 19.3 Å². The van der Waals surface area contributed by atoms with Crippen molar-refractivity contribution in [3.8, 4) is 16.9 Å². The molecule has 0 spiro atoms. The molecule has 7 heteroatoms. The summed E-state index contributed by atoms with van der Waals surface area (Å²) >= 11 is 0. The summed E-state index contributed by atoms with van der Waals surface area (Å²) in [6.07, 6.45) is 5.61. The number of aryl methyl sites for hydroxylation is 1. The van der Waals surface area contributed by atoms with E-state index in [0.29, 0.717) is 30.7 Å². The SMILES string of the molecule is COc1cc(C)cc(-c2c(F)cccc2C(CCCC(O)C2CCCN(C(=O)C3CCC(N)C3)C2)OC)c1. The first-order chi connectivity index (χ1) is 18.3.